The highest BCUT2D eigenvalue weighted by atomic mass is 16.6. The van der Waals surface area contributed by atoms with Gasteiger partial charge in [0.25, 0.3) is 11.6 Å². The third kappa shape index (κ3) is 3.16. The van der Waals surface area contributed by atoms with E-state index in [-0.39, 0.29) is 23.2 Å². The first-order valence-corrected chi connectivity index (χ1v) is 5.87. The van der Waals surface area contributed by atoms with Crippen molar-refractivity contribution < 1.29 is 14.5 Å². The highest BCUT2D eigenvalue weighted by Gasteiger charge is 2.23. The van der Waals surface area contributed by atoms with Gasteiger partial charge in [0.05, 0.1) is 11.0 Å². The fourth-order valence-electron chi connectivity index (χ4n) is 1.90. The largest absolute Gasteiger partial charge is 0.384 e. The van der Waals surface area contributed by atoms with Gasteiger partial charge < -0.3 is 15.8 Å². The van der Waals surface area contributed by atoms with Crippen LogP contribution >= 0.6 is 0 Å². The van der Waals surface area contributed by atoms with Gasteiger partial charge in [0.15, 0.2) is 0 Å². The van der Waals surface area contributed by atoms with Crippen LogP contribution in [0.2, 0.25) is 0 Å². The lowest BCUT2D eigenvalue weighted by molar-refractivity contribution is -0.385. The average molecular weight is 266 g/mol. The Hall–Kier alpha value is -2.22. The highest BCUT2D eigenvalue weighted by molar-refractivity contribution is 5.98. The monoisotopic (exact) mass is 266 g/mol. The molecule has 102 valence electrons. The second-order valence-corrected chi connectivity index (χ2v) is 4.23. The first-order chi connectivity index (χ1) is 9.08. The summed E-state index contributed by atoms with van der Waals surface area (Å²) in [6, 6.07) is 1.20. The molecule has 1 amide bonds. The number of aromatic nitrogens is 1. The lowest BCUT2D eigenvalue weighted by atomic mass is 10.2. The Morgan fingerprint density at radius 2 is 2.47 bits per heavy atom. The number of rotatable bonds is 4. The summed E-state index contributed by atoms with van der Waals surface area (Å²) in [6.07, 6.45) is 2.79. The molecule has 0 aromatic carbocycles. The number of anilines is 1. The summed E-state index contributed by atoms with van der Waals surface area (Å²) < 4.78 is 5.35. The molecule has 2 heterocycles. The molecule has 1 aromatic heterocycles. The Kier molecular flexibility index (Phi) is 3.91. The van der Waals surface area contributed by atoms with E-state index < -0.39 is 10.8 Å². The summed E-state index contributed by atoms with van der Waals surface area (Å²) in [7, 11) is 0. The number of pyridine rings is 1. The third-order valence-electron chi connectivity index (χ3n) is 2.86. The summed E-state index contributed by atoms with van der Waals surface area (Å²) in [5, 5.41) is 13.4. The van der Waals surface area contributed by atoms with Crippen molar-refractivity contribution in [3.05, 3.63) is 27.9 Å². The van der Waals surface area contributed by atoms with Crippen LogP contribution in [-0.2, 0) is 4.74 Å². The van der Waals surface area contributed by atoms with Crippen molar-refractivity contribution in [3.8, 4) is 0 Å². The Labute approximate surface area is 109 Å². The van der Waals surface area contributed by atoms with Gasteiger partial charge in [-0.3, -0.25) is 14.9 Å². The first kappa shape index (κ1) is 13.2. The second kappa shape index (κ2) is 5.61. The van der Waals surface area contributed by atoms with Crippen LogP contribution in [0, 0.1) is 10.1 Å². The van der Waals surface area contributed by atoms with Crippen LogP contribution in [0.4, 0.5) is 11.5 Å². The molecule has 1 unspecified atom stereocenters. The molecule has 3 N–H and O–H groups in total. The molecule has 1 aliphatic heterocycles. The van der Waals surface area contributed by atoms with Crippen LogP contribution in [0.1, 0.15) is 23.2 Å². The van der Waals surface area contributed by atoms with Gasteiger partial charge in [-0.1, -0.05) is 0 Å². The standard InChI is InChI=1S/C11H14N4O4/c12-10-4-8(9(6-13-10)15(17)18)11(16)14-5-7-2-1-3-19-7/h4,6-7H,1-3,5H2,(H2,12,13)(H,14,16). The number of nitrogens with one attached hydrogen (secondary N) is 1. The molecular weight excluding hydrogens is 252 g/mol. The molecule has 2 rings (SSSR count). The Balaban J connectivity index is 2.08. The second-order valence-electron chi connectivity index (χ2n) is 4.23. The molecule has 0 bridgehead atoms. The minimum Gasteiger partial charge on any atom is -0.384 e. The van der Waals surface area contributed by atoms with Crippen molar-refractivity contribution in [1.82, 2.24) is 10.3 Å². The van der Waals surface area contributed by atoms with Gasteiger partial charge in [-0.05, 0) is 18.9 Å². The maximum Gasteiger partial charge on any atom is 0.300 e. The smallest absolute Gasteiger partial charge is 0.300 e. The predicted octanol–water partition coefficient (Wildman–Crippen LogP) is 0.481. The zero-order valence-corrected chi connectivity index (χ0v) is 10.2. The number of carbonyl (C=O) groups is 1. The fourth-order valence-corrected chi connectivity index (χ4v) is 1.90. The van der Waals surface area contributed by atoms with Crippen molar-refractivity contribution in [2.24, 2.45) is 0 Å². The van der Waals surface area contributed by atoms with Crippen molar-refractivity contribution in [3.63, 3.8) is 0 Å². The molecule has 0 radical (unpaired) electrons. The fraction of sp³-hybridized carbons (Fsp3) is 0.455. The van der Waals surface area contributed by atoms with Crippen molar-refractivity contribution in [2.45, 2.75) is 18.9 Å². The molecule has 8 nitrogen and oxygen atoms in total. The minimum absolute atomic E-state index is 0.0257. The molecule has 1 saturated heterocycles. The summed E-state index contributed by atoms with van der Waals surface area (Å²) in [5.74, 6) is -0.482. The molecule has 1 aromatic rings. The van der Waals surface area contributed by atoms with Crippen LogP contribution < -0.4 is 11.1 Å². The number of hydrogen-bond donors (Lipinski definition) is 2. The average Bonchev–Trinajstić information content (AvgIpc) is 2.88. The van der Waals surface area contributed by atoms with E-state index in [9.17, 15) is 14.9 Å². The van der Waals surface area contributed by atoms with E-state index in [0.717, 1.165) is 19.0 Å². The summed E-state index contributed by atoms with van der Waals surface area (Å²) >= 11 is 0. The minimum atomic E-state index is -0.659. The van der Waals surface area contributed by atoms with E-state index in [2.05, 4.69) is 10.3 Å². The molecule has 1 atom stereocenters. The predicted molar refractivity (Wildman–Crippen MR) is 66.6 cm³/mol. The van der Waals surface area contributed by atoms with Crippen LogP contribution in [0.25, 0.3) is 0 Å². The number of nitro groups is 1. The van der Waals surface area contributed by atoms with Crippen molar-refractivity contribution in [2.75, 3.05) is 18.9 Å². The number of amides is 1. The Morgan fingerprint density at radius 3 is 3.11 bits per heavy atom. The molecule has 8 heteroatoms. The van der Waals surface area contributed by atoms with E-state index in [4.69, 9.17) is 10.5 Å². The van der Waals surface area contributed by atoms with E-state index >= 15 is 0 Å². The SMILES string of the molecule is Nc1cc(C(=O)NCC2CCCO2)c([N+](=O)[O-])cn1. The van der Waals surface area contributed by atoms with Crippen LogP contribution in [0.3, 0.4) is 0 Å². The number of nitrogens with zero attached hydrogens (tertiary/aromatic N) is 2. The van der Waals surface area contributed by atoms with Crippen LogP contribution in [0.5, 0.6) is 0 Å². The zero-order valence-electron chi connectivity index (χ0n) is 10.2. The summed E-state index contributed by atoms with van der Waals surface area (Å²) in [4.78, 5) is 25.7. The van der Waals surface area contributed by atoms with Gasteiger partial charge in [-0.2, -0.15) is 0 Å². The van der Waals surface area contributed by atoms with Crippen molar-refractivity contribution >= 4 is 17.4 Å². The van der Waals surface area contributed by atoms with Gasteiger partial charge in [-0.25, -0.2) is 4.98 Å². The Morgan fingerprint density at radius 1 is 1.68 bits per heavy atom. The Bertz CT molecular complexity index is 499. The first-order valence-electron chi connectivity index (χ1n) is 5.87. The molecule has 0 spiro atoms. The number of nitrogens with two attached hydrogens (primary N) is 1. The summed E-state index contributed by atoms with van der Waals surface area (Å²) in [6.45, 7) is 1.01. The number of nitrogen functional groups attached to an aromatic ring is 1. The van der Waals surface area contributed by atoms with E-state index in [1.807, 2.05) is 0 Å². The molecule has 1 fully saturated rings. The van der Waals surface area contributed by atoms with Crippen LogP contribution in [-0.4, -0.2) is 35.1 Å². The maximum absolute atomic E-state index is 11.9. The van der Waals surface area contributed by atoms with Gasteiger partial charge in [0.2, 0.25) is 0 Å². The van der Waals surface area contributed by atoms with Gasteiger partial charge in [0, 0.05) is 13.2 Å². The van der Waals surface area contributed by atoms with Gasteiger partial charge in [0.1, 0.15) is 17.6 Å². The maximum atomic E-state index is 11.9. The van der Waals surface area contributed by atoms with Gasteiger partial charge in [-0.15, -0.1) is 0 Å². The summed E-state index contributed by atoms with van der Waals surface area (Å²) in [5.41, 5.74) is 5.00. The molecule has 1 aliphatic rings. The molecule has 19 heavy (non-hydrogen) atoms. The van der Waals surface area contributed by atoms with E-state index in [1.54, 1.807) is 0 Å². The molecule has 0 aliphatic carbocycles. The third-order valence-corrected chi connectivity index (χ3v) is 2.86. The number of ether oxygens (including phenoxy) is 1. The van der Waals surface area contributed by atoms with Crippen LogP contribution in [0.15, 0.2) is 12.3 Å². The number of hydrogen-bond acceptors (Lipinski definition) is 6. The molecular formula is C11H14N4O4. The normalized spacial score (nSPS) is 18.2. The van der Waals surface area contributed by atoms with Gasteiger partial charge >= 0.3 is 0 Å². The topological polar surface area (TPSA) is 120 Å². The van der Waals surface area contributed by atoms with E-state index in [1.165, 1.54) is 6.07 Å². The van der Waals surface area contributed by atoms with E-state index in [0.29, 0.717) is 13.2 Å². The quantitative estimate of drug-likeness (QED) is 0.604. The number of carbonyl (C=O) groups excluding carboxylic acids is 1. The highest BCUT2D eigenvalue weighted by Crippen LogP contribution is 2.19. The zero-order chi connectivity index (χ0) is 13.8. The lowest BCUT2D eigenvalue weighted by Crippen LogP contribution is -2.32. The van der Waals surface area contributed by atoms with Crippen molar-refractivity contribution in [1.29, 1.82) is 0 Å². The lowest BCUT2D eigenvalue weighted by Gasteiger charge is -2.10. The molecule has 0 saturated carbocycles.